The Labute approximate surface area is 120 Å². The summed E-state index contributed by atoms with van der Waals surface area (Å²) < 4.78 is 5.33. The predicted octanol–water partition coefficient (Wildman–Crippen LogP) is 1.82. The topological polar surface area (TPSA) is 51.1 Å². The maximum Gasteiger partial charge on any atom is 0.270 e. The smallest absolute Gasteiger partial charge is 0.270 e. The Kier molecular flexibility index (Phi) is 3.27. The van der Waals surface area contributed by atoms with Crippen LogP contribution in [0.15, 0.2) is 5.16 Å². The number of nitrogens with zero attached hydrogens (tertiary/aromatic N) is 2. The van der Waals surface area contributed by atoms with Gasteiger partial charge in [0, 0.05) is 18.5 Å². The van der Waals surface area contributed by atoms with Crippen molar-refractivity contribution in [3.63, 3.8) is 0 Å². The second-order valence-corrected chi connectivity index (χ2v) is 7.06. The van der Waals surface area contributed by atoms with Crippen molar-refractivity contribution < 1.29 is 14.4 Å². The monoisotopic (exact) mass is 280 g/mol. The maximum atomic E-state index is 12.9. The number of fused-ring (bicyclic) bond motifs is 1. The first kappa shape index (κ1) is 13.9. The minimum atomic E-state index is -0.722. The van der Waals surface area contributed by atoms with Gasteiger partial charge in [-0.25, -0.2) is 0 Å². The molecule has 1 amide bonds. The van der Waals surface area contributed by atoms with Gasteiger partial charge in [0.1, 0.15) is 0 Å². The molecule has 5 nitrogen and oxygen atoms in total. The zero-order valence-corrected chi connectivity index (χ0v) is 12.6. The summed E-state index contributed by atoms with van der Waals surface area (Å²) in [4.78, 5) is 20.6. The summed E-state index contributed by atoms with van der Waals surface area (Å²) >= 11 is 0. The van der Waals surface area contributed by atoms with Gasteiger partial charge in [-0.3, -0.25) is 4.79 Å². The summed E-state index contributed by atoms with van der Waals surface area (Å²) in [6, 6.07) is 0. The van der Waals surface area contributed by atoms with Gasteiger partial charge < -0.3 is 14.5 Å². The van der Waals surface area contributed by atoms with Crippen molar-refractivity contribution in [3.05, 3.63) is 0 Å². The van der Waals surface area contributed by atoms with Gasteiger partial charge in [0.2, 0.25) is 5.60 Å². The molecule has 2 fully saturated rings. The standard InChI is InChI=1S/C15H24N2O3/c1-14(2,3)12-11-5-4-6-15(11,20-16-12)13(18)17-7-9-19-10-8-17/h11H,4-10H2,1-3H3. The molecule has 112 valence electrons. The van der Waals surface area contributed by atoms with Gasteiger partial charge in [0.05, 0.1) is 24.8 Å². The van der Waals surface area contributed by atoms with E-state index in [0.717, 1.165) is 25.0 Å². The third-order valence-corrected chi connectivity index (χ3v) is 4.67. The van der Waals surface area contributed by atoms with Gasteiger partial charge in [-0.2, -0.15) is 0 Å². The number of rotatable bonds is 1. The number of carbonyl (C=O) groups is 1. The summed E-state index contributed by atoms with van der Waals surface area (Å²) in [5, 5.41) is 4.32. The van der Waals surface area contributed by atoms with Crippen LogP contribution >= 0.6 is 0 Å². The van der Waals surface area contributed by atoms with Crippen molar-refractivity contribution in [1.29, 1.82) is 0 Å². The first-order valence-electron chi connectivity index (χ1n) is 7.59. The summed E-state index contributed by atoms with van der Waals surface area (Å²) in [6.07, 6.45) is 2.83. The second-order valence-electron chi connectivity index (χ2n) is 7.06. The van der Waals surface area contributed by atoms with E-state index in [1.54, 1.807) is 0 Å². The van der Waals surface area contributed by atoms with Gasteiger partial charge in [0.25, 0.3) is 5.91 Å². The molecule has 2 atom stereocenters. The molecule has 2 aliphatic heterocycles. The van der Waals surface area contributed by atoms with Gasteiger partial charge in [-0.05, 0) is 19.3 Å². The highest BCUT2D eigenvalue weighted by atomic mass is 16.7. The number of oxime groups is 1. The number of ether oxygens (including phenoxy) is 1. The first-order chi connectivity index (χ1) is 9.45. The molecule has 0 radical (unpaired) electrons. The molecule has 0 aromatic heterocycles. The summed E-state index contributed by atoms with van der Waals surface area (Å²) in [6.45, 7) is 9.01. The fourth-order valence-corrected chi connectivity index (χ4v) is 3.63. The molecule has 0 bridgehead atoms. The fraction of sp³-hybridized carbons (Fsp3) is 0.867. The molecule has 1 aliphatic carbocycles. The molecule has 3 rings (SSSR count). The number of amides is 1. The Hall–Kier alpha value is -1.10. The van der Waals surface area contributed by atoms with Gasteiger partial charge in [-0.1, -0.05) is 25.9 Å². The molecule has 20 heavy (non-hydrogen) atoms. The molecule has 0 spiro atoms. The van der Waals surface area contributed by atoms with Crippen LogP contribution in [0.4, 0.5) is 0 Å². The minimum Gasteiger partial charge on any atom is -0.378 e. The highest BCUT2D eigenvalue weighted by Gasteiger charge is 2.60. The molecule has 0 aromatic rings. The van der Waals surface area contributed by atoms with E-state index in [1.165, 1.54) is 0 Å². The molecule has 5 heteroatoms. The van der Waals surface area contributed by atoms with Crippen LogP contribution in [0.5, 0.6) is 0 Å². The van der Waals surface area contributed by atoms with Gasteiger partial charge in [0.15, 0.2) is 0 Å². The molecule has 0 aromatic carbocycles. The van der Waals surface area contributed by atoms with Gasteiger partial charge >= 0.3 is 0 Å². The molecule has 1 saturated heterocycles. The van der Waals surface area contributed by atoms with Crippen molar-refractivity contribution in [2.45, 2.75) is 45.6 Å². The largest absolute Gasteiger partial charge is 0.378 e. The van der Waals surface area contributed by atoms with Crippen LogP contribution < -0.4 is 0 Å². The minimum absolute atomic E-state index is 0.0396. The lowest BCUT2D eigenvalue weighted by Gasteiger charge is -2.35. The van der Waals surface area contributed by atoms with Crippen molar-refractivity contribution in [3.8, 4) is 0 Å². The first-order valence-corrected chi connectivity index (χ1v) is 7.59. The number of hydrogen-bond donors (Lipinski definition) is 0. The Morgan fingerprint density at radius 1 is 1.35 bits per heavy atom. The summed E-state index contributed by atoms with van der Waals surface area (Å²) in [5.74, 6) is 0.268. The summed E-state index contributed by atoms with van der Waals surface area (Å²) in [7, 11) is 0. The lowest BCUT2D eigenvalue weighted by atomic mass is 9.76. The molecule has 2 heterocycles. The van der Waals surface area contributed by atoms with E-state index in [0.29, 0.717) is 26.3 Å². The number of hydrogen-bond acceptors (Lipinski definition) is 4. The molecule has 0 N–H and O–H groups in total. The van der Waals surface area contributed by atoms with Crippen LogP contribution in [0.25, 0.3) is 0 Å². The van der Waals surface area contributed by atoms with Crippen LogP contribution in [0.3, 0.4) is 0 Å². The zero-order valence-electron chi connectivity index (χ0n) is 12.6. The maximum absolute atomic E-state index is 12.9. The average molecular weight is 280 g/mol. The normalized spacial score (nSPS) is 33.6. The Balaban J connectivity index is 1.83. The highest BCUT2D eigenvalue weighted by Crippen LogP contribution is 2.48. The van der Waals surface area contributed by atoms with Crippen molar-refractivity contribution in [1.82, 2.24) is 4.90 Å². The summed E-state index contributed by atoms with van der Waals surface area (Å²) in [5.41, 5.74) is 0.291. The van der Waals surface area contributed by atoms with Crippen LogP contribution in [0.2, 0.25) is 0 Å². The Morgan fingerprint density at radius 3 is 2.70 bits per heavy atom. The third-order valence-electron chi connectivity index (χ3n) is 4.67. The van der Waals surface area contributed by atoms with Crippen LogP contribution in [-0.2, 0) is 14.4 Å². The Morgan fingerprint density at radius 2 is 2.05 bits per heavy atom. The quantitative estimate of drug-likeness (QED) is 0.736. The van der Waals surface area contributed by atoms with E-state index in [-0.39, 0.29) is 17.2 Å². The van der Waals surface area contributed by atoms with Crippen LogP contribution in [-0.4, -0.2) is 48.4 Å². The molecule has 1 saturated carbocycles. The third kappa shape index (κ3) is 2.03. The Bertz CT molecular complexity index is 435. The van der Waals surface area contributed by atoms with E-state index in [9.17, 15) is 4.79 Å². The fourth-order valence-electron chi connectivity index (χ4n) is 3.63. The molecule has 2 unspecified atom stereocenters. The second kappa shape index (κ2) is 4.72. The average Bonchev–Trinajstić information content (AvgIpc) is 2.96. The van der Waals surface area contributed by atoms with E-state index in [1.807, 2.05) is 4.90 Å². The van der Waals surface area contributed by atoms with E-state index < -0.39 is 5.60 Å². The van der Waals surface area contributed by atoms with Crippen molar-refractivity contribution in [2.75, 3.05) is 26.3 Å². The van der Waals surface area contributed by atoms with Crippen LogP contribution in [0.1, 0.15) is 40.0 Å². The lowest BCUT2D eigenvalue weighted by molar-refractivity contribution is -0.161. The number of morpholine rings is 1. The lowest BCUT2D eigenvalue weighted by Crippen LogP contribution is -2.55. The van der Waals surface area contributed by atoms with E-state index in [4.69, 9.17) is 9.57 Å². The predicted molar refractivity (Wildman–Crippen MR) is 75.4 cm³/mol. The molecular formula is C15H24N2O3. The number of carbonyl (C=O) groups excluding carboxylic acids is 1. The zero-order chi connectivity index (χ0) is 14.4. The van der Waals surface area contributed by atoms with Crippen LogP contribution in [0, 0.1) is 11.3 Å². The van der Waals surface area contributed by atoms with Crippen molar-refractivity contribution >= 4 is 11.6 Å². The SMILES string of the molecule is CC(C)(C)C1=NOC2(C(=O)N3CCOCC3)CCCC12. The molecular weight excluding hydrogens is 256 g/mol. The van der Waals surface area contributed by atoms with E-state index >= 15 is 0 Å². The van der Waals surface area contributed by atoms with E-state index in [2.05, 4.69) is 25.9 Å². The molecule has 3 aliphatic rings. The van der Waals surface area contributed by atoms with Crippen molar-refractivity contribution in [2.24, 2.45) is 16.5 Å². The van der Waals surface area contributed by atoms with Gasteiger partial charge in [-0.15, -0.1) is 0 Å². The highest BCUT2D eigenvalue weighted by molar-refractivity contribution is 6.00.